The summed E-state index contributed by atoms with van der Waals surface area (Å²) in [7, 11) is -1.90. The molecule has 0 N–H and O–H groups in total. The largest absolute Gasteiger partial charge is 0.495 e. The smallest absolute Gasteiger partial charge is 0.235 e. The van der Waals surface area contributed by atoms with Crippen molar-refractivity contribution in [3.63, 3.8) is 0 Å². The molecule has 38 heavy (non-hydrogen) atoms. The van der Waals surface area contributed by atoms with Gasteiger partial charge in [0.15, 0.2) is 15.6 Å². The first-order chi connectivity index (χ1) is 18.1. The van der Waals surface area contributed by atoms with Gasteiger partial charge in [0.05, 0.1) is 31.0 Å². The molecule has 0 atom stereocenters. The molecule has 1 saturated carbocycles. The highest BCUT2D eigenvalue weighted by molar-refractivity contribution is 7.92. The van der Waals surface area contributed by atoms with E-state index in [1.165, 1.54) is 18.3 Å². The summed E-state index contributed by atoms with van der Waals surface area (Å²) in [5, 5.41) is 0.598. The van der Waals surface area contributed by atoms with Crippen LogP contribution in [0.15, 0.2) is 34.9 Å². The molecule has 0 unspecified atom stereocenters. The number of carbonyl (C=O) groups excluding carboxylic acids is 2. The molecule has 0 bridgehead atoms. The molecule has 0 spiro atoms. The standard InChI is InChI=1S/C27H33N3O6S2/c1-5-38(33,34)17-22(31)25-19(3)37-24(29-25)16-30(14-6-7-20-9-8-18(2)36-20)26(32)27(12-13-27)23-11-10-21(35-4)15-28-23/h8-11,15H,5-7,12-14,16-17H2,1-4H3. The molecule has 0 aliphatic heterocycles. The van der Waals surface area contributed by atoms with Gasteiger partial charge in [-0.25, -0.2) is 13.4 Å². The fraction of sp³-hybridized carbons (Fsp3) is 0.481. The van der Waals surface area contributed by atoms with Crippen molar-refractivity contribution in [1.29, 1.82) is 0 Å². The third kappa shape index (κ3) is 6.32. The minimum absolute atomic E-state index is 0.0277. The van der Waals surface area contributed by atoms with Crippen LogP contribution in [0.2, 0.25) is 0 Å². The zero-order valence-electron chi connectivity index (χ0n) is 22.2. The molecule has 3 heterocycles. The lowest BCUT2D eigenvalue weighted by Gasteiger charge is -2.26. The van der Waals surface area contributed by atoms with Crippen molar-refractivity contribution in [2.75, 3.05) is 25.2 Å². The number of thiazole rings is 1. The van der Waals surface area contributed by atoms with Crippen LogP contribution in [-0.4, -0.2) is 60.1 Å². The predicted octanol–water partition coefficient (Wildman–Crippen LogP) is 4.07. The summed E-state index contributed by atoms with van der Waals surface area (Å²) in [6, 6.07) is 7.51. The maximum Gasteiger partial charge on any atom is 0.235 e. The maximum atomic E-state index is 13.9. The number of furan rings is 1. The van der Waals surface area contributed by atoms with Gasteiger partial charge in [-0.15, -0.1) is 11.3 Å². The lowest BCUT2D eigenvalue weighted by molar-refractivity contribution is -0.134. The van der Waals surface area contributed by atoms with E-state index in [2.05, 4.69) is 9.97 Å². The van der Waals surface area contributed by atoms with E-state index >= 15 is 0 Å². The Hall–Kier alpha value is -3.05. The molecule has 0 aromatic carbocycles. The molecule has 1 fully saturated rings. The zero-order chi connectivity index (χ0) is 27.5. The number of pyridine rings is 1. The van der Waals surface area contributed by atoms with Gasteiger partial charge in [0.1, 0.15) is 33.7 Å². The van der Waals surface area contributed by atoms with Crippen molar-refractivity contribution in [1.82, 2.24) is 14.9 Å². The van der Waals surface area contributed by atoms with Crippen LogP contribution in [0.3, 0.4) is 0 Å². The summed E-state index contributed by atoms with van der Waals surface area (Å²) < 4.78 is 34.9. The third-order valence-electron chi connectivity index (χ3n) is 6.78. The van der Waals surface area contributed by atoms with Gasteiger partial charge in [-0.1, -0.05) is 6.92 Å². The Kier molecular flexibility index (Phi) is 8.37. The molecule has 1 aliphatic rings. The van der Waals surface area contributed by atoms with Crippen LogP contribution in [0.5, 0.6) is 5.75 Å². The number of hydrogen-bond acceptors (Lipinski definition) is 9. The third-order valence-corrected chi connectivity index (χ3v) is 9.32. The molecule has 3 aromatic rings. The summed E-state index contributed by atoms with van der Waals surface area (Å²) in [6.07, 6.45) is 4.40. The van der Waals surface area contributed by atoms with Gasteiger partial charge >= 0.3 is 0 Å². The van der Waals surface area contributed by atoms with E-state index in [0.29, 0.717) is 53.6 Å². The van der Waals surface area contributed by atoms with Crippen LogP contribution in [0, 0.1) is 13.8 Å². The van der Waals surface area contributed by atoms with Crippen LogP contribution in [-0.2, 0) is 33.0 Å². The van der Waals surface area contributed by atoms with E-state index in [-0.39, 0.29) is 23.9 Å². The number of aryl methyl sites for hydroxylation is 3. The van der Waals surface area contributed by atoms with Crippen LogP contribution in [0.1, 0.15) is 63.8 Å². The molecule has 0 saturated heterocycles. The van der Waals surface area contributed by atoms with Gasteiger partial charge in [-0.2, -0.15) is 0 Å². The molecular weight excluding hydrogens is 526 g/mol. The first-order valence-electron chi connectivity index (χ1n) is 12.6. The number of hydrogen-bond donors (Lipinski definition) is 0. The first-order valence-corrected chi connectivity index (χ1v) is 15.3. The number of sulfone groups is 1. The molecule has 3 aromatic heterocycles. The quantitative estimate of drug-likeness (QED) is 0.288. The number of carbonyl (C=O) groups is 2. The number of rotatable bonds is 13. The highest BCUT2D eigenvalue weighted by Gasteiger charge is 2.54. The van der Waals surface area contributed by atoms with Crippen molar-refractivity contribution in [3.05, 3.63) is 63.3 Å². The van der Waals surface area contributed by atoms with Crippen LogP contribution in [0.25, 0.3) is 0 Å². The van der Waals surface area contributed by atoms with Crippen LogP contribution < -0.4 is 4.74 Å². The van der Waals surface area contributed by atoms with E-state index < -0.39 is 26.8 Å². The molecule has 1 aliphatic carbocycles. The first kappa shape index (κ1) is 28.0. The van der Waals surface area contributed by atoms with Gasteiger partial charge in [0, 0.05) is 23.6 Å². The molecule has 9 nitrogen and oxygen atoms in total. The van der Waals surface area contributed by atoms with Gasteiger partial charge in [-0.05, 0) is 57.4 Å². The number of aromatic nitrogens is 2. The van der Waals surface area contributed by atoms with Crippen LogP contribution in [0.4, 0.5) is 0 Å². The van der Waals surface area contributed by atoms with E-state index in [4.69, 9.17) is 9.15 Å². The summed E-state index contributed by atoms with van der Waals surface area (Å²) in [5.41, 5.74) is 0.192. The van der Waals surface area contributed by atoms with Crippen molar-refractivity contribution in [3.8, 4) is 5.75 Å². The predicted molar refractivity (Wildman–Crippen MR) is 144 cm³/mol. The monoisotopic (exact) mass is 559 g/mol. The zero-order valence-corrected chi connectivity index (χ0v) is 23.8. The lowest BCUT2D eigenvalue weighted by atomic mass is 9.99. The van der Waals surface area contributed by atoms with Crippen molar-refractivity contribution in [2.24, 2.45) is 0 Å². The average Bonchev–Trinajstić information content (AvgIpc) is 3.47. The normalized spacial score (nSPS) is 14.3. The number of Topliss-reactive ketones (excluding diaryl/α,β-unsaturated/α-hetero) is 1. The topological polar surface area (TPSA) is 120 Å². The summed E-state index contributed by atoms with van der Waals surface area (Å²) >= 11 is 1.32. The molecule has 1 amide bonds. The SMILES string of the molecule is CCS(=O)(=O)CC(=O)c1nc(CN(CCCc2ccc(C)o2)C(=O)C2(c3ccc(OC)cn3)CC2)sc1C. The number of ketones is 1. The summed E-state index contributed by atoms with van der Waals surface area (Å²) in [5.74, 6) is 1.12. The van der Waals surface area contributed by atoms with E-state index in [1.54, 1.807) is 25.1 Å². The second-order valence-corrected chi connectivity index (χ2v) is 13.3. The summed E-state index contributed by atoms with van der Waals surface area (Å²) in [4.78, 5) is 38.0. The fourth-order valence-corrected chi connectivity index (χ4v) is 6.13. The molecule has 204 valence electrons. The van der Waals surface area contributed by atoms with Crippen LogP contribution >= 0.6 is 11.3 Å². The lowest BCUT2D eigenvalue weighted by Crippen LogP contribution is -2.40. The van der Waals surface area contributed by atoms with Crippen molar-refractivity contribution < 1.29 is 27.2 Å². The molecule has 11 heteroatoms. The maximum absolute atomic E-state index is 13.9. The molecule has 4 rings (SSSR count). The highest BCUT2D eigenvalue weighted by atomic mass is 32.2. The Morgan fingerprint density at radius 1 is 1.18 bits per heavy atom. The van der Waals surface area contributed by atoms with Gasteiger partial charge < -0.3 is 14.1 Å². The summed E-state index contributed by atoms with van der Waals surface area (Å²) in [6.45, 7) is 5.87. The fourth-order valence-electron chi connectivity index (χ4n) is 4.42. The number of ether oxygens (including phenoxy) is 1. The number of amides is 1. The Balaban J connectivity index is 1.55. The highest BCUT2D eigenvalue weighted by Crippen LogP contribution is 2.49. The second-order valence-electron chi connectivity index (χ2n) is 9.62. The Bertz CT molecular complexity index is 1400. The van der Waals surface area contributed by atoms with E-state index in [1.807, 2.05) is 31.2 Å². The number of nitrogens with zero attached hydrogens (tertiary/aromatic N) is 3. The van der Waals surface area contributed by atoms with Crippen molar-refractivity contribution >= 4 is 32.9 Å². The van der Waals surface area contributed by atoms with E-state index in [0.717, 1.165) is 11.5 Å². The second kappa shape index (κ2) is 11.4. The number of methoxy groups -OCH3 is 1. The van der Waals surface area contributed by atoms with E-state index in [9.17, 15) is 18.0 Å². The minimum Gasteiger partial charge on any atom is -0.495 e. The van der Waals surface area contributed by atoms with Gasteiger partial charge in [-0.3, -0.25) is 14.6 Å². The Labute approximate surface area is 227 Å². The minimum atomic E-state index is -3.47. The Morgan fingerprint density at radius 3 is 2.53 bits per heavy atom. The van der Waals surface area contributed by atoms with Crippen molar-refractivity contribution in [2.45, 2.75) is 58.4 Å². The average molecular weight is 560 g/mol. The van der Waals surface area contributed by atoms with Gasteiger partial charge in [0.25, 0.3) is 0 Å². The Morgan fingerprint density at radius 2 is 1.95 bits per heavy atom. The van der Waals surface area contributed by atoms with Gasteiger partial charge in [0.2, 0.25) is 5.91 Å². The molecule has 0 radical (unpaired) electrons. The molecular formula is C27H33N3O6S2.